The van der Waals surface area contributed by atoms with Crippen LogP contribution in [0.15, 0.2) is 61.2 Å². The molecule has 2 aromatic carbocycles. The molecule has 0 saturated carbocycles. The molecular weight excluding hydrogens is 597 g/mol. The van der Waals surface area contributed by atoms with E-state index in [1.165, 1.54) is 21.6 Å². The molecule has 1 unspecified atom stereocenters. The topological polar surface area (TPSA) is 117 Å². The van der Waals surface area contributed by atoms with Crippen molar-refractivity contribution < 1.29 is 37.9 Å². The van der Waals surface area contributed by atoms with E-state index in [1.807, 2.05) is 30.3 Å². The van der Waals surface area contributed by atoms with Gasteiger partial charge in [-0.25, -0.2) is 0 Å². The van der Waals surface area contributed by atoms with Crippen LogP contribution in [-0.2, 0) is 40.8 Å². The van der Waals surface area contributed by atoms with E-state index in [2.05, 4.69) is 6.58 Å². The van der Waals surface area contributed by atoms with E-state index in [0.29, 0.717) is 16.9 Å². The number of carbonyl (C=O) groups is 4. The predicted molar refractivity (Wildman–Crippen MR) is 168 cm³/mol. The summed E-state index contributed by atoms with van der Waals surface area (Å²) in [5.74, 6) is -2.13. The summed E-state index contributed by atoms with van der Waals surface area (Å²) in [4.78, 5) is 56.8. The maximum atomic E-state index is 16.3. The molecule has 0 bridgehead atoms. The van der Waals surface area contributed by atoms with Gasteiger partial charge in [0.05, 0.1) is 31.2 Å². The van der Waals surface area contributed by atoms with Gasteiger partial charge in [0, 0.05) is 49.3 Å². The third-order valence-electron chi connectivity index (χ3n) is 9.06. The minimum absolute atomic E-state index is 0.0391. The second kappa shape index (κ2) is 12.5. The Labute approximate surface area is 263 Å². The molecule has 0 radical (unpaired) electrons. The van der Waals surface area contributed by atoms with Gasteiger partial charge in [-0.2, -0.15) is 0 Å². The Morgan fingerprint density at radius 2 is 1.93 bits per heavy atom. The highest BCUT2D eigenvalue weighted by Gasteiger charge is 2.67. The van der Waals surface area contributed by atoms with Crippen molar-refractivity contribution in [2.75, 3.05) is 29.5 Å². The summed E-state index contributed by atoms with van der Waals surface area (Å²) in [6, 6.07) is 14.4. The Balaban J connectivity index is 1.54. The molecule has 3 aliphatic heterocycles. The molecule has 45 heavy (non-hydrogen) atoms. The quantitative estimate of drug-likeness (QED) is 0.130. The molecule has 3 amide bonds. The van der Waals surface area contributed by atoms with Crippen molar-refractivity contribution in [2.24, 2.45) is 5.92 Å². The second-order valence-electron chi connectivity index (χ2n) is 12.4. The molecular formula is C33H40FN3O7Si. The van der Waals surface area contributed by atoms with Crippen molar-refractivity contribution in [3.05, 3.63) is 72.3 Å². The van der Waals surface area contributed by atoms with E-state index in [9.17, 15) is 24.3 Å². The lowest BCUT2D eigenvalue weighted by molar-refractivity contribution is -0.154. The van der Waals surface area contributed by atoms with Crippen molar-refractivity contribution in [1.82, 2.24) is 4.90 Å². The SMILES string of the molecule is C=CCN1C(=O)[C@]2(O[C@H](CC(=O)N(CCO)Cc3ccccc3)[C@@H]([Si](C)(C)F)[C@@H]2C)c2cc(N3C(=O)CC3OC(C)=O)ccc21. The van der Waals surface area contributed by atoms with Crippen molar-refractivity contribution in [3.8, 4) is 0 Å². The van der Waals surface area contributed by atoms with Gasteiger partial charge in [0.15, 0.2) is 11.8 Å². The number of β-lactam (4-membered cyclic amide) rings is 1. The van der Waals surface area contributed by atoms with Gasteiger partial charge in [-0.05, 0) is 36.9 Å². The predicted octanol–water partition coefficient (Wildman–Crippen LogP) is 4.03. The summed E-state index contributed by atoms with van der Waals surface area (Å²) >= 11 is 0. The molecule has 0 aromatic heterocycles. The summed E-state index contributed by atoms with van der Waals surface area (Å²) in [7, 11) is -3.56. The number of amides is 3. The van der Waals surface area contributed by atoms with E-state index in [0.717, 1.165) is 5.56 Å². The molecule has 0 aliphatic carbocycles. The number of aliphatic hydroxyl groups is 1. The van der Waals surface area contributed by atoms with Gasteiger partial charge in [0.25, 0.3) is 5.91 Å². The van der Waals surface area contributed by atoms with E-state index in [4.69, 9.17) is 9.47 Å². The van der Waals surface area contributed by atoms with E-state index < -0.39 is 43.8 Å². The van der Waals surface area contributed by atoms with Crippen LogP contribution in [0.3, 0.4) is 0 Å². The number of carbonyl (C=O) groups excluding carboxylic acids is 4. The molecule has 5 atom stereocenters. The maximum Gasteiger partial charge on any atom is 0.304 e. The molecule has 12 heteroatoms. The van der Waals surface area contributed by atoms with Crippen LogP contribution >= 0.6 is 0 Å². The van der Waals surface area contributed by atoms with Crippen LogP contribution in [0.25, 0.3) is 0 Å². The molecule has 2 fully saturated rings. The van der Waals surface area contributed by atoms with Crippen molar-refractivity contribution in [3.63, 3.8) is 0 Å². The van der Waals surface area contributed by atoms with Gasteiger partial charge in [-0.15, -0.1) is 6.58 Å². The fourth-order valence-electron chi connectivity index (χ4n) is 7.20. The second-order valence-corrected chi connectivity index (χ2v) is 16.2. The minimum atomic E-state index is -3.56. The lowest BCUT2D eigenvalue weighted by atomic mass is 9.82. The summed E-state index contributed by atoms with van der Waals surface area (Å²) in [5, 5.41) is 9.73. The lowest BCUT2D eigenvalue weighted by Gasteiger charge is -2.39. The Hall–Kier alpha value is -3.87. The van der Waals surface area contributed by atoms with Crippen LogP contribution in [-0.4, -0.2) is 74.1 Å². The lowest BCUT2D eigenvalue weighted by Crippen LogP contribution is -2.55. The monoisotopic (exact) mass is 637 g/mol. The number of hydrogen-bond acceptors (Lipinski definition) is 7. The van der Waals surface area contributed by atoms with Crippen molar-refractivity contribution in [1.29, 1.82) is 0 Å². The third kappa shape index (κ3) is 5.82. The van der Waals surface area contributed by atoms with Crippen molar-refractivity contribution in [2.45, 2.75) is 69.8 Å². The smallest absolute Gasteiger partial charge is 0.304 e. The van der Waals surface area contributed by atoms with Gasteiger partial charge < -0.3 is 28.5 Å². The number of hydrogen-bond donors (Lipinski definition) is 1. The number of anilines is 2. The normalized spacial score (nSPS) is 25.7. The molecule has 1 N–H and O–H groups in total. The van der Waals surface area contributed by atoms with E-state index >= 15 is 4.11 Å². The number of benzene rings is 2. The first-order valence-corrected chi connectivity index (χ1v) is 18.1. The fourth-order valence-corrected chi connectivity index (χ4v) is 9.69. The van der Waals surface area contributed by atoms with Crippen LogP contribution < -0.4 is 9.80 Å². The van der Waals surface area contributed by atoms with Crippen LogP contribution in [0.5, 0.6) is 0 Å². The van der Waals surface area contributed by atoms with Gasteiger partial charge in [-0.1, -0.05) is 43.3 Å². The number of fused-ring (bicyclic) bond motifs is 2. The van der Waals surface area contributed by atoms with Crippen LogP contribution in [0.1, 0.15) is 37.8 Å². The van der Waals surface area contributed by atoms with E-state index in [1.54, 1.807) is 44.3 Å². The first-order valence-electron chi connectivity index (χ1n) is 15.2. The standard InChI is InChI=1S/C33H40FN3O7Si/c1-6-14-36-26-13-12-24(37-29(41)19-30(37)43-22(3)39)17-25(26)33(32(36)42)21(2)31(45(4,5)34)27(44-33)18-28(40)35(15-16-38)20-23-10-8-7-9-11-23/h6-13,17,21,27,30-31,38H,1,14-16,18-20H2,2-5H3/t21-,27+,30?,31-,33+/m0/s1. The number of esters is 1. The van der Waals surface area contributed by atoms with E-state index in [-0.39, 0.29) is 56.8 Å². The zero-order valence-electron chi connectivity index (χ0n) is 26.1. The van der Waals surface area contributed by atoms with Crippen molar-refractivity contribution >= 4 is 43.5 Å². The first kappa shape index (κ1) is 32.5. The molecule has 10 nitrogen and oxygen atoms in total. The highest BCUT2D eigenvalue weighted by atomic mass is 28.4. The van der Waals surface area contributed by atoms with Crippen LogP contribution in [0, 0.1) is 5.92 Å². The zero-order chi connectivity index (χ0) is 32.7. The molecule has 3 aliphatic rings. The Kier molecular flexibility index (Phi) is 9.03. The molecule has 1 spiro atoms. The van der Waals surface area contributed by atoms with Gasteiger partial charge in [-0.3, -0.25) is 24.1 Å². The first-order chi connectivity index (χ1) is 21.3. The highest BCUT2D eigenvalue weighted by molar-refractivity contribution is 6.72. The molecule has 2 saturated heterocycles. The molecule has 3 heterocycles. The molecule has 2 aromatic rings. The largest absolute Gasteiger partial charge is 0.441 e. The highest BCUT2D eigenvalue weighted by Crippen LogP contribution is 2.60. The Morgan fingerprint density at radius 3 is 2.53 bits per heavy atom. The number of halogens is 1. The average molecular weight is 638 g/mol. The van der Waals surface area contributed by atoms with Gasteiger partial charge >= 0.3 is 5.97 Å². The number of ether oxygens (including phenoxy) is 2. The number of aliphatic hydroxyl groups excluding tert-OH is 1. The molecule has 240 valence electrons. The van der Waals surface area contributed by atoms with Gasteiger partial charge in [0.2, 0.25) is 20.2 Å². The third-order valence-corrected chi connectivity index (χ3v) is 11.5. The number of rotatable bonds is 11. The Bertz CT molecular complexity index is 1500. The summed E-state index contributed by atoms with van der Waals surface area (Å²) < 4.78 is 28.3. The van der Waals surface area contributed by atoms with Gasteiger partial charge in [0.1, 0.15) is 0 Å². The van der Waals surface area contributed by atoms with Crippen LogP contribution in [0.4, 0.5) is 15.5 Å². The average Bonchev–Trinajstić information content (AvgIpc) is 3.39. The minimum Gasteiger partial charge on any atom is -0.441 e. The number of nitrogens with zero attached hydrogens (tertiary/aromatic N) is 3. The Morgan fingerprint density at radius 1 is 1.22 bits per heavy atom. The summed E-state index contributed by atoms with van der Waals surface area (Å²) in [5.41, 5.74) is -0.0275. The maximum absolute atomic E-state index is 16.3. The van der Waals surface area contributed by atoms with Crippen LogP contribution in [0.2, 0.25) is 18.6 Å². The molecule has 5 rings (SSSR count). The fraction of sp³-hybridized carbons (Fsp3) is 0.455. The summed E-state index contributed by atoms with van der Waals surface area (Å²) in [6.45, 7) is 10.3. The zero-order valence-corrected chi connectivity index (χ0v) is 27.1. The summed E-state index contributed by atoms with van der Waals surface area (Å²) in [6.07, 6.45) is -0.235.